The van der Waals surface area contributed by atoms with E-state index in [2.05, 4.69) is 5.32 Å². The molecular formula is C14H20ClFN2O2. The van der Waals surface area contributed by atoms with E-state index in [0.717, 1.165) is 13.1 Å². The average Bonchev–Trinajstić information content (AvgIpc) is 2.47. The van der Waals surface area contributed by atoms with E-state index >= 15 is 0 Å². The third-order valence-electron chi connectivity index (χ3n) is 3.71. The highest BCUT2D eigenvalue weighted by molar-refractivity contribution is 5.99. The van der Waals surface area contributed by atoms with Gasteiger partial charge in [-0.25, -0.2) is 4.39 Å². The van der Waals surface area contributed by atoms with Crippen LogP contribution in [0.5, 0.6) is 0 Å². The highest BCUT2D eigenvalue weighted by atomic mass is 35.5. The van der Waals surface area contributed by atoms with Crippen molar-refractivity contribution in [3.8, 4) is 0 Å². The molecule has 0 saturated carbocycles. The minimum Gasteiger partial charge on any atom is -0.368 e. The van der Waals surface area contributed by atoms with Crippen molar-refractivity contribution in [2.24, 2.45) is 0 Å². The number of amides is 1. The first kappa shape index (κ1) is 16.9. The van der Waals surface area contributed by atoms with E-state index in [0.29, 0.717) is 18.5 Å². The van der Waals surface area contributed by atoms with Crippen molar-refractivity contribution in [1.82, 2.24) is 5.32 Å². The van der Waals surface area contributed by atoms with E-state index in [4.69, 9.17) is 4.74 Å². The molecule has 1 aliphatic rings. The Morgan fingerprint density at radius 1 is 1.30 bits per heavy atom. The van der Waals surface area contributed by atoms with Crippen LogP contribution >= 0.6 is 12.4 Å². The number of likely N-dealkylation sites (N-methyl/N-ethyl adjacent to an activating group) is 1. The second kappa shape index (κ2) is 7.02. The number of nitrogens with zero attached hydrogens (tertiary/aromatic N) is 1. The van der Waals surface area contributed by atoms with Gasteiger partial charge < -0.3 is 15.0 Å². The number of halogens is 2. The number of piperidine rings is 1. The molecule has 1 saturated heterocycles. The van der Waals surface area contributed by atoms with Crippen LogP contribution in [0.4, 0.5) is 10.1 Å². The molecule has 0 aliphatic carbocycles. The second-order valence-corrected chi connectivity index (χ2v) is 4.79. The predicted octanol–water partition coefficient (Wildman–Crippen LogP) is 1.98. The summed E-state index contributed by atoms with van der Waals surface area (Å²) in [7, 11) is 3.26. The fourth-order valence-corrected chi connectivity index (χ4v) is 2.42. The molecule has 0 unspecified atom stereocenters. The van der Waals surface area contributed by atoms with Crippen LogP contribution in [-0.2, 0) is 9.53 Å². The summed E-state index contributed by atoms with van der Waals surface area (Å²) in [6.07, 6.45) is 1.29. The van der Waals surface area contributed by atoms with Gasteiger partial charge in [-0.3, -0.25) is 4.79 Å². The molecule has 2 rings (SSSR count). The van der Waals surface area contributed by atoms with Crippen molar-refractivity contribution in [1.29, 1.82) is 0 Å². The number of ether oxygens (including phenoxy) is 1. The molecule has 1 fully saturated rings. The number of hydrogen-bond donors (Lipinski definition) is 1. The van der Waals surface area contributed by atoms with E-state index in [9.17, 15) is 9.18 Å². The summed E-state index contributed by atoms with van der Waals surface area (Å²) in [5, 5.41) is 3.21. The zero-order chi connectivity index (χ0) is 13.9. The predicted molar refractivity (Wildman–Crippen MR) is 78.9 cm³/mol. The summed E-state index contributed by atoms with van der Waals surface area (Å²) >= 11 is 0. The average molecular weight is 303 g/mol. The number of benzene rings is 1. The summed E-state index contributed by atoms with van der Waals surface area (Å²) in [4.78, 5) is 14.2. The molecule has 1 heterocycles. The first-order chi connectivity index (χ1) is 9.09. The summed E-state index contributed by atoms with van der Waals surface area (Å²) < 4.78 is 18.4. The summed E-state index contributed by atoms with van der Waals surface area (Å²) in [6.45, 7) is 1.52. The molecule has 1 N–H and O–H groups in total. The van der Waals surface area contributed by atoms with Crippen LogP contribution in [0.2, 0.25) is 0 Å². The fraction of sp³-hybridized carbons (Fsp3) is 0.500. The molecule has 20 heavy (non-hydrogen) atoms. The van der Waals surface area contributed by atoms with Crippen LogP contribution < -0.4 is 10.2 Å². The lowest BCUT2D eigenvalue weighted by atomic mass is 9.90. The van der Waals surface area contributed by atoms with Gasteiger partial charge in [0.2, 0.25) is 0 Å². The fourth-order valence-electron chi connectivity index (χ4n) is 2.42. The number of hydrogen-bond acceptors (Lipinski definition) is 3. The number of carbonyl (C=O) groups excluding carboxylic acids is 1. The number of nitrogens with one attached hydrogen (secondary N) is 1. The molecule has 112 valence electrons. The molecule has 1 aromatic rings. The van der Waals surface area contributed by atoms with Crippen LogP contribution in [0.25, 0.3) is 0 Å². The van der Waals surface area contributed by atoms with Crippen molar-refractivity contribution in [3.05, 3.63) is 30.1 Å². The highest BCUT2D eigenvalue weighted by Crippen LogP contribution is 2.27. The molecule has 1 aromatic carbocycles. The number of methoxy groups -OCH3 is 1. The van der Waals surface area contributed by atoms with Crippen LogP contribution in [0, 0.1) is 5.82 Å². The van der Waals surface area contributed by atoms with Crippen LogP contribution in [0.15, 0.2) is 24.3 Å². The topological polar surface area (TPSA) is 41.6 Å². The Hall–Kier alpha value is -1.17. The third kappa shape index (κ3) is 3.29. The lowest BCUT2D eigenvalue weighted by Gasteiger charge is -2.37. The summed E-state index contributed by atoms with van der Waals surface area (Å²) in [5.74, 6) is -0.393. The van der Waals surface area contributed by atoms with Gasteiger partial charge >= 0.3 is 0 Å². The standard InChI is InChI=1S/C14H19FN2O2.ClH/c1-17(12-5-3-11(15)4-6-12)13(18)14(19-2)7-9-16-10-8-14;/h3-6,16H,7-10H2,1-2H3;1H. The Balaban J connectivity index is 0.00000200. The van der Waals surface area contributed by atoms with Crippen molar-refractivity contribution in [3.63, 3.8) is 0 Å². The van der Waals surface area contributed by atoms with Gasteiger partial charge in [0, 0.05) is 19.8 Å². The molecule has 0 spiro atoms. The quantitative estimate of drug-likeness (QED) is 0.928. The van der Waals surface area contributed by atoms with Crippen molar-refractivity contribution < 1.29 is 13.9 Å². The Kier molecular flexibility index (Phi) is 5.92. The van der Waals surface area contributed by atoms with Crippen LogP contribution in [0.1, 0.15) is 12.8 Å². The van der Waals surface area contributed by atoms with Crippen molar-refractivity contribution >= 4 is 24.0 Å². The van der Waals surface area contributed by atoms with Gasteiger partial charge in [-0.15, -0.1) is 12.4 Å². The first-order valence-electron chi connectivity index (χ1n) is 6.39. The van der Waals surface area contributed by atoms with Gasteiger partial charge in [-0.2, -0.15) is 0 Å². The Labute approximate surface area is 124 Å². The smallest absolute Gasteiger partial charge is 0.259 e. The minimum absolute atomic E-state index is 0. The molecule has 4 nitrogen and oxygen atoms in total. The van der Waals surface area contributed by atoms with E-state index in [1.165, 1.54) is 17.0 Å². The second-order valence-electron chi connectivity index (χ2n) is 4.79. The number of anilines is 1. The van der Waals surface area contributed by atoms with E-state index in [1.807, 2.05) is 0 Å². The maximum absolute atomic E-state index is 12.9. The number of carbonyl (C=O) groups is 1. The Morgan fingerprint density at radius 2 is 1.85 bits per heavy atom. The van der Waals surface area contributed by atoms with E-state index in [-0.39, 0.29) is 24.1 Å². The zero-order valence-electron chi connectivity index (χ0n) is 11.7. The van der Waals surface area contributed by atoms with Gasteiger partial charge in [0.25, 0.3) is 5.91 Å². The van der Waals surface area contributed by atoms with Crippen LogP contribution in [0.3, 0.4) is 0 Å². The van der Waals surface area contributed by atoms with Crippen molar-refractivity contribution in [2.45, 2.75) is 18.4 Å². The molecule has 0 bridgehead atoms. The molecule has 1 amide bonds. The van der Waals surface area contributed by atoms with Gasteiger partial charge in [-0.1, -0.05) is 0 Å². The zero-order valence-corrected chi connectivity index (χ0v) is 12.5. The van der Waals surface area contributed by atoms with Gasteiger partial charge in [0.1, 0.15) is 11.4 Å². The molecule has 1 aliphatic heterocycles. The van der Waals surface area contributed by atoms with Gasteiger partial charge in [0.05, 0.1) is 0 Å². The first-order valence-corrected chi connectivity index (χ1v) is 6.39. The molecule has 0 aromatic heterocycles. The largest absolute Gasteiger partial charge is 0.368 e. The molecule has 0 radical (unpaired) electrons. The summed E-state index contributed by atoms with van der Waals surface area (Å²) in [5.41, 5.74) is -0.102. The lowest BCUT2D eigenvalue weighted by molar-refractivity contribution is -0.143. The Bertz CT molecular complexity index is 447. The highest BCUT2D eigenvalue weighted by Gasteiger charge is 2.41. The van der Waals surface area contributed by atoms with E-state index < -0.39 is 5.60 Å². The molecular weight excluding hydrogens is 283 g/mol. The maximum Gasteiger partial charge on any atom is 0.259 e. The molecule has 6 heteroatoms. The SMILES string of the molecule is COC1(C(=O)N(C)c2ccc(F)cc2)CCNCC1.Cl. The minimum atomic E-state index is -0.769. The van der Waals surface area contributed by atoms with Gasteiger partial charge in [0.15, 0.2) is 0 Å². The van der Waals surface area contributed by atoms with Crippen molar-refractivity contribution in [2.75, 3.05) is 32.1 Å². The Morgan fingerprint density at radius 3 is 2.35 bits per heavy atom. The maximum atomic E-state index is 12.9. The van der Waals surface area contributed by atoms with E-state index in [1.54, 1.807) is 26.3 Å². The normalized spacial score (nSPS) is 17.1. The van der Waals surface area contributed by atoms with Gasteiger partial charge in [-0.05, 0) is 50.2 Å². The lowest BCUT2D eigenvalue weighted by Crippen LogP contribution is -2.54. The summed E-state index contributed by atoms with van der Waals surface area (Å²) in [6, 6.07) is 5.89. The molecule has 0 atom stereocenters. The third-order valence-corrected chi connectivity index (χ3v) is 3.71. The number of rotatable bonds is 3. The monoisotopic (exact) mass is 302 g/mol. The van der Waals surface area contributed by atoms with Crippen LogP contribution in [-0.4, -0.2) is 38.8 Å².